The van der Waals surface area contributed by atoms with E-state index in [9.17, 15) is 4.79 Å². The topological polar surface area (TPSA) is 23.6 Å². The van der Waals surface area contributed by atoms with Gasteiger partial charge in [0.2, 0.25) is 5.91 Å². The summed E-state index contributed by atoms with van der Waals surface area (Å²) in [5, 5.41) is 0. The maximum atomic E-state index is 13.1. The largest absolute Gasteiger partial charge is 0.331 e. The number of benzene rings is 2. The number of rotatable bonds is 3. The first-order valence-electron chi connectivity index (χ1n) is 9.43. The van der Waals surface area contributed by atoms with E-state index in [1.807, 2.05) is 12.1 Å². The molecule has 0 radical (unpaired) electrons. The van der Waals surface area contributed by atoms with Crippen molar-refractivity contribution in [1.29, 1.82) is 0 Å². The molecule has 2 aromatic rings. The minimum Gasteiger partial charge on any atom is -0.331 e. The van der Waals surface area contributed by atoms with Gasteiger partial charge in [0, 0.05) is 11.0 Å². The minimum atomic E-state index is 0.0182. The molecule has 1 saturated heterocycles. The molecule has 1 unspecified atom stereocenters. The van der Waals surface area contributed by atoms with Crippen molar-refractivity contribution in [3.05, 3.63) is 69.7 Å². The molecule has 1 fully saturated rings. The van der Waals surface area contributed by atoms with E-state index in [-0.39, 0.29) is 11.9 Å². The number of hydrogen-bond donors (Lipinski definition) is 0. The monoisotopic (exact) mass is 412 g/mol. The fraction of sp³-hybridized carbons (Fsp3) is 0.409. The van der Waals surface area contributed by atoms with Gasteiger partial charge in [0.25, 0.3) is 0 Å². The average molecular weight is 413 g/mol. The molecule has 0 saturated carbocycles. The number of halogens is 1. The van der Waals surface area contributed by atoms with Crippen LogP contribution in [0.25, 0.3) is 0 Å². The summed E-state index contributed by atoms with van der Waals surface area (Å²) >= 11 is 3.62. The van der Waals surface area contributed by atoms with Crippen LogP contribution in [0.3, 0.4) is 0 Å². The Balaban J connectivity index is 1.70. The van der Waals surface area contributed by atoms with Crippen molar-refractivity contribution in [3.8, 4) is 0 Å². The molecule has 0 aliphatic carbocycles. The molecule has 2 aromatic carbocycles. The van der Waals surface area contributed by atoms with Crippen molar-refractivity contribution in [2.75, 3.05) is 26.7 Å². The lowest BCUT2D eigenvalue weighted by Gasteiger charge is -2.41. The predicted octanol–water partition coefficient (Wildman–Crippen LogP) is 4.27. The minimum absolute atomic E-state index is 0.0182. The summed E-state index contributed by atoms with van der Waals surface area (Å²) in [7, 11) is 2.18. The van der Waals surface area contributed by atoms with Gasteiger partial charge in [-0.25, -0.2) is 0 Å². The third kappa shape index (κ3) is 3.58. The van der Waals surface area contributed by atoms with Gasteiger partial charge in [0.05, 0.1) is 12.5 Å². The van der Waals surface area contributed by atoms with Crippen molar-refractivity contribution < 1.29 is 4.79 Å². The zero-order chi connectivity index (χ0) is 18.1. The Morgan fingerprint density at radius 2 is 1.81 bits per heavy atom. The lowest BCUT2D eigenvalue weighted by Crippen LogP contribution is -2.45. The molecule has 2 aliphatic heterocycles. The summed E-state index contributed by atoms with van der Waals surface area (Å²) in [6.07, 6.45) is 2.86. The third-order valence-corrected chi connectivity index (χ3v) is 6.28. The maximum Gasteiger partial charge on any atom is 0.227 e. The van der Waals surface area contributed by atoms with Crippen LogP contribution in [0.4, 0.5) is 0 Å². The van der Waals surface area contributed by atoms with E-state index in [4.69, 9.17) is 0 Å². The van der Waals surface area contributed by atoms with Crippen LogP contribution in [-0.4, -0.2) is 42.4 Å². The number of carbonyl (C=O) groups excluding carboxylic acids is 1. The van der Waals surface area contributed by atoms with E-state index in [1.54, 1.807) is 0 Å². The van der Waals surface area contributed by atoms with E-state index >= 15 is 0 Å². The first kappa shape index (κ1) is 17.7. The quantitative estimate of drug-likeness (QED) is 0.751. The summed E-state index contributed by atoms with van der Waals surface area (Å²) in [5.74, 6) is 0.850. The van der Waals surface area contributed by atoms with Gasteiger partial charge in [-0.05, 0) is 67.7 Å². The van der Waals surface area contributed by atoms with Crippen LogP contribution in [0.5, 0.6) is 0 Å². The molecule has 0 aromatic heterocycles. The molecule has 2 heterocycles. The van der Waals surface area contributed by atoms with Crippen LogP contribution >= 0.6 is 15.9 Å². The van der Waals surface area contributed by atoms with Gasteiger partial charge < -0.3 is 9.80 Å². The molecular formula is C22H25BrN2O. The van der Waals surface area contributed by atoms with Gasteiger partial charge in [-0.3, -0.25) is 4.79 Å². The smallest absolute Gasteiger partial charge is 0.227 e. The fourth-order valence-electron chi connectivity index (χ4n) is 4.28. The average Bonchev–Trinajstić information content (AvgIpc) is 2.65. The summed E-state index contributed by atoms with van der Waals surface area (Å²) in [6, 6.07) is 16.8. The highest BCUT2D eigenvalue weighted by atomic mass is 79.9. The Labute approximate surface area is 164 Å². The first-order chi connectivity index (χ1) is 12.6. The van der Waals surface area contributed by atoms with Gasteiger partial charge in [0.1, 0.15) is 0 Å². The molecule has 1 atom stereocenters. The molecule has 136 valence electrons. The highest BCUT2D eigenvalue weighted by Crippen LogP contribution is 2.38. The molecule has 0 N–H and O–H groups in total. The number of nitrogens with zero attached hydrogens (tertiary/aromatic N) is 2. The normalized spacial score (nSPS) is 21.7. The third-order valence-electron chi connectivity index (χ3n) is 5.78. The Hall–Kier alpha value is -1.65. The summed E-state index contributed by atoms with van der Waals surface area (Å²) in [4.78, 5) is 17.6. The van der Waals surface area contributed by atoms with E-state index in [2.05, 4.69) is 69.2 Å². The van der Waals surface area contributed by atoms with Crippen LogP contribution in [0.15, 0.2) is 53.0 Å². The highest BCUT2D eigenvalue weighted by Gasteiger charge is 2.35. The SMILES string of the molecule is CN1CCC(CN2C(=O)Cc3ccc(Br)cc3C2c2ccccc2)CC1. The Morgan fingerprint density at radius 3 is 2.54 bits per heavy atom. The zero-order valence-electron chi connectivity index (χ0n) is 15.2. The van der Waals surface area contributed by atoms with Crippen LogP contribution in [0, 0.1) is 5.92 Å². The van der Waals surface area contributed by atoms with E-state index < -0.39 is 0 Å². The molecule has 2 aliphatic rings. The number of hydrogen-bond acceptors (Lipinski definition) is 2. The van der Waals surface area contributed by atoms with Crippen LogP contribution < -0.4 is 0 Å². The number of likely N-dealkylation sites (tertiary alicyclic amines) is 1. The molecular weight excluding hydrogens is 388 g/mol. The molecule has 0 bridgehead atoms. The number of piperidine rings is 1. The van der Waals surface area contributed by atoms with E-state index in [0.29, 0.717) is 12.3 Å². The van der Waals surface area contributed by atoms with E-state index in [0.717, 1.165) is 29.7 Å². The van der Waals surface area contributed by atoms with Crippen LogP contribution in [0.1, 0.15) is 35.6 Å². The number of amides is 1. The van der Waals surface area contributed by atoms with Crippen molar-refractivity contribution in [3.63, 3.8) is 0 Å². The molecule has 3 nitrogen and oxygen atoms in total. The molecule has 1 amide bonds. The summed E-state index contributed by atoms with van der Waals surface area (Å²) in [5.41, 5.74) is 3.62. The molecule has 4 heteroatoms. The lowest BCUT2D eigenvalue weighted by molar-refractivity contribution is -0.134. The number of fused-ring (bicyclic) bond motifs is 1. The number of carbonyl (C=O) groups is 1. The van der Waals surface area contributed by atoms with Gasteiger partial charge in [-0.1, -0.05) is 52.3 Å². The van der Waals surface area contributed by atoms with Crippen molar-refractivity contribution >= 4 is 21.8 Å². The van der Waals surface area contributed by atoms with Crippen molar-refractivity contribution in [1.82, 2.24) is 9.80 Å². The van der Waals surface area contributed by atoms with Crippen molar-refractivity contribution in [2.24, 2.45) is 5.92 Å². The first-order valence-corrected chi connectivity index (χ1v) is 10.2. The van der Waals surface area contributed by atoms with E-state index in [1.165, 1.54) is 24.0 Å². The Bertz CT molecular complexity index is 784. The zero-order valence-corrected chi connectivity index (χ0v) is 16.8. The second kappa shape index (κ2) is 7.53. The van der Waals surface area contributed by atoms with Gasteiger partial charge >= 0.3 is 0 Å². The Kier molecular flexibility index (Phi) is 5.14. The second-order valence-corrected chi connectivity index (χ2v) is 8.54. The Morgan fingerprint density at radius 1 is 1.08 bits per heavy atom. The van der Waals surface area contributed by atoms with Crippen LogP contribution in [-0.2, 0) is 11.2 Å². The van der Waals surface area contributed by atoms with Gasteiger partial charge in [-0.2, -0.15) is 0 Å². The highest BCUT2D eigenvalue weighted by molar-refractivity contribution is 9.10. The maximum absolute atomic E-state index is 13.1. The summed E-state index contributed by atoms with van der Waals surface area (Å²) < 4.78 is 1.07. The lowest BCUT2D eigenvalue weighted by atomic mass is 9.86. The molecule has 0 spiro atoms. The van der Waals surface area contributed by atoms with Gasteiger partial charge in [0.15, 0.2) is 0 Å². The van der Waals surface area contributed by atoms with Crippen LogP contribution in [0.2, 0.25) is 0 Å². The fourth-order valence-corrected chi connectivity index (χ4v) is 4.66. The standard InChI is InChI=1S/C22H25BrN2O/c1-24-11-9-16(10-12-24)15-25-21(26)13-18-7-8-19(23)14-20(18)22(25)17-5-3-2-4-6-17/h2-8,14,16,22H,9-13,15H2,1H3. The second-order valence-electron chi connectivity index (χ2n) is 7.63. The summed E-state index contributed by atoms with van der Waals surface area (Å²) in [6.45, 7) is 3.12. The molecule has 26 heavy (non-hydrogen) atoms. The van der Waals surface area contributed by atoms with Gasteiger partial charge in [-0.15, -0.1) is 0 Å². The van der Waals surface area contributed by atoms with Crippen molar-refractivity contribution in [2.45, 2.75) is 25.3 Å². The predicted molar refractivity (Wildman–Crippen MR) is 108 cm³/mol. The molecule has 4 rings (SSSR count).